The van der Waals surface area contributed by atoms with E-state index in [1.807, 2.05) is 30.3 Å². The number of rotatable bonds is 5. The van der Waals surface area contributed by atoms with Crippen molar-refractivity contribution in [3.8, 4) is 38.4 Å². The highest BCUT2D eigenvalue weighted by Crippen LogP contribution is 2.43. The Morgan fingerprint density at radius 2 is 1.82 bits per heavy atom. The largest absolute Gasteiger partial charge is 0.512 e. The number of nitrogens with zero attached hydrogens (tertiary/aromatic N) is 3. The van der Waals surface area contributed by atoms with E-state index in [-0.39, 0.29) is 11.9 Å². The molecule has 3 aromatic carbocycles. The van der Waals surface area contributed by atoms with Crippen molar-refractivity contribution in [2.45, 2.75) is 0 Å². The highest BCUT2D eigenvalue weighted by molar-refractivity contribution is 7.22. The Bertz CT molecular complexity index is 1670. The molecule has 0 spiro atoms. The normalized spacial score (nSPS) is 12.5. The first-order valence-electron chi connectivity index (χ1n) is 11.8. The maximum Gasteiger partial charge on any atom is 0.512 e. The number of para-hydroxylation sites is 1. The molecule has 0 saturated carbocycles. The van der Waals surface area contributed by atoms with E-state index >= 15 is 0 Å². The van der Waals surface area contributed by atoms with Crippen LogP contribution < -0.4 is 24.4 Å². The molecule has 1 aliphatic rings. The number of carbonyl (C=O) groups excluding carboxylic acids is 1. The Balaban J connectivity index is 1.32. The van der Waals surface area contributed by atoms with Gasteiger partial charge in [-0.3, -0.25) is 10.2 Å². The first-order chi connectivity index (χ1) is 19.0. The minimum Gasteiger partial charge on any atom is -0.497 e. The molecule has 2 amide bonds. The minimum atomic E-state index is -1.46. The molecule has 0 fully saturated rings. The van der Waals surface area contributed by atoms with Gasteiger partial charge in [-0.25, -0.2) is 19.6 Å². The predicted octanol–water partition coefficient (Wildman–Crippen LogP) is 6.58. The van der Waals surface area contributed by atoms with E-state index in [1.54, 1.807) is 48.4 Å². The Labute approximate surface area is 230 Å². The van der Waals surface area contributed by atoms with Crippen LogP contribution in [0, 0.1) is 0 Å². The third-order valence-electron chi connectivity index (χ3n) is 5.95. The van der Waals surface area contributed by atoms with Crippen LogP contribution in [0.1, 0.15) is 0 Å². The Hall–Kier alpha value is -4.68. The van der Waals surface area contributed by atoms with Gasteiger partial charge >= 0.3 is 12.2 Å². The Morgan fingerprint density at radius 3 is 2.59 bits per heavy atom. The number of hydrogen-bond donors (Lipinski definition) is 2. The second-order valence-electron chi connectivity index (χ2n) is 8.35. The number of urea groups is 1. The molecule has 2 N–H and O–H groups in total. The fourth-order valence-electron chi connectivity index (χ4n) is 4.15. The third-order valence-corrected chi connectivity index (χ3v) is 8.04. The molecule has 10 nitrogen and oxygen atoms in total. The Kier molecular flexibility index (Phi) is 6.47. The lowest BCUT2D eigenvalue weighted by atomic mass is 10.1. The van der Waals surface area contributed by atoms with E-state index in [0.717, 1.165) is 15.8 Å². The molecule has 0 radical (unpaired) electrons. The van der Waals surface area contributed by atoms with E-state index in [0.29, 0.717) is 50.9 Å². The molecule has 0 atom stereocenters. The van der Waals surface area contributed by atoms with Crippen LogP contribution in [-0.2, 0) is 0 Å². The van der Waals surface area contributed by atoms with Crippen molar-refractivity contribution in [2.24, 2.45) is 0 Å². The highest BCUT2D eigenvalue weighted by Gasteiger charge is 2.26. The summed E-state index contributed by atoms with van der Waals surface area (Å²) < 4.78 is 17.0. The molecular formula is C27H20N4O6S2. The SMILES string of the molecule is COc1ccc(-c2sc(-c3ccc4c(c3)N(C(=O)Nc3nc5ccccc5s3)CCO4)nc2OC(=O)O)cc1. The maximum atomic E-state index is 13.3. The first-order valence-corrected chi connectivity index (χ1v) is 13.4. The molecule has 196 valence electrons. The van der Waals surface area contributed by atoms with Crippen LogP contribution in [0.2, 0.25) is 0 Å². The number of nitrogens with one attached hydrogen (secondary N) is 1. The number of anilines is 2. The fraction of sp³-hybridized carbons (Fsp3) is 0.111. The van der Waals surface area contributed by atoms with Gasteiger partial charge in [-0.2, -0.15) is 0 Å². The van der Waals surface area contributed by atoms with Gasteiger partial charge in [0.25, 0.3) is 0 Å². The Morgan fingerprint density at radius 1 is 1.03 bits per heavy atom. The molecule has 6 rings (SSSR count). The van der Waals surface area contributed by atoms with Crippen LogP contribution in [0.15, 0.2) is 66.7 Å². The van der Waals surface area contributed by atoms with Crippen molar-refractivity contribution in [1.29, 1.82) is 0 Å². The van der Waals surface area contributed by atoms with Crippen LogP contribution in [0.25, 0.3) is 31.2 Å². The molecule has 39 heavy (non-hydrogen) atoms. The van der Waals surface area contributed by atoms with Crippen LogP contribution in [0.5, 0.6) is 17.4 Å². The monoisotopic (exact) mass is 560 g/mol. The van der Waals surface area contributed by atoms with E-state index in [4.69, 9.17) is 14.2 Å². The number of methoxy groups -OCH3 is 1. The molecule has 0 bridgehead atoms. The maximum absolute atomic E-state index is 13.3. The number of carbonyl (C=O) groups is 2. The summed E-state index contributed by atoms with van der Waals surface area (Å²) in [6.45, 7) is 0.685. The number of amides is 2. The van der Waals surface area contributed by atoms with Crippen LogP contribution in [-0.4, -0.2) is 47.5 Å². The summed E-state index contributed by atoms with van der Waals surface area (Å²) in [7, 11) is 1.57. The van der Waals surface area contributed by atoms with Gasteiger partial charge in [0.2, 0.25) is 5.88 Å². The zero-order valence-electron chi connectivity index (χ0n) is 20.4. The van der Waals surface area contributed by atoms with E-state index in [9.17, 15) is 14.7 Å². The summed E-state index contributed by atoms with van der Waals surface area (Å²) in [6.07, 6.45) is -1.46. The summed E-state index contributed by atoms with van der Waals surface area (Å²) >= 11 is 2.68. The number of hydrogen-bond acceptors (Lipinski definition) is 9. The fourth-order valence-corrected chi connectivity index (χ4v) is 6.00. The summed E-state index contributed by atoms with van der Waals surface area (Å²) in [6, 6.07) is 19.9. The summed E-state index contributed by atoms with van der Waals surface area (Å²) in [4.78, 5) is 35.8. The lowest BCUT2D eigenvalue weighted by Crippen LogP contribution is -2.40. The molecular weight excluding hydrogens is 540 g/mol. The lowest BCUT2D eigenvalue weighted by Gasteiger charge is -2.29. The van der Waals surface area contributed by atoms with Crippen LogP contribution in [0.4, 0.5) is 20.4 Å². The summed E-state index contributed by atoms with van der Waals surface area (Å²) in [5.74, 6) is 1.20. The standard InChI is InChI=1S/C27H20N4O6S2/c1-35-17-9-6-15(7-10-17)22-23(37-27(33)34)29-24(39-22)16-8-11-20-19(14-16)31(12-13-36-20)26(32)30-25-28-18-4-2-3-5-21(18)38-25/h2-11,14H,12-13H2,1H3,(H,33,34)(H,28,30,32). The molecule has 1 aliphatic heterocycles. The van der Waals surface area contributed by atoms with Gasteiger partial charge < -0.3 is 19.3 Å². The van der Waals surface area contributed by atoms with Crippen LogP contribution >= 0.6 is 22.7 Å². The van der Waals surface area contributed by atoms with Gasteiger partial charge in [-0.05, 0) is 60.2 Å². The van der Waals surface area contributed by atoms with Gasteiger partial charge in [0, 0.05) is 5.56 Å². The summed E-state index contributed by atoms with van der Waals surface area (Å²) in [5.41, 5.74) is 2.79. The second kappa shape index (κ2) is 10.2. The van der Waals surface area contributed by atoms with Crippen molar-refractivity contribution < 1.29 is 28.9 Å². The van der Waals surface area contributed by atoms with Crippen molar-refractivity contribution >= 4 is 55.9 Å². The quantitative estimate of drug-likeness (QED) is 0.231. The highest BCUT2D eigenvalue weighted by atomic mass is 32.1. The molecule has 2 aromatic heterocycles. The summed E-state index contributed by atoms with van der Waals surface area (Å²) in [5, 5.41) is 13.2. The van der Waals surface area contributed by atoms with E-state index < -0.39 is 6.16 Å². The third kappa shape index (κ3) is 4.94. The number of thiazole rings is 2. The van der Waals surface area contributed by atoms with Crippen LogP contribution in [0.3, 0.4) is 0 Å². The van der Waals surface area contributed by atoms with Crippen molar-refractivity contribution in [3.05, 3.63) is 66.7 Å². The number of fused-ring (bicyclic) bond motifs is 2. The zero-order chi connectivity index (χ0) is 26.9. The predicted molar refractivity (Wildman–Crippen MR) is 150 cm³/mol. The van der Waals surface area contributed by atoms with Gasteiger partial charge in [0.15, 0.2) is 5.13 Å². The van der Waals surface area contributed by atoms with Crippen molar-refractivity contribution in [2.75, 3.05) is 30.5 Å². The molecule has 3 heterocycles. The number of aromatic nitrogens is 2. The van der Waals surface area contributed by atoms with Gasteiger partial charge in [0.05, 0.1) is 34.4 Å². The van der Waals surface area contributed by atoms with E-state index in [2.05, 4.69) is 15.3 Å². The van der Waals surface area contributed by atoms with Gasteiger partial charge in [-0.1, -0.05) is 23.5 Å². The van der Waals surface area contributed by atoms with Crippen molar-refractivity contribution in [3.63, 3.8) is 0 Å². The molecule has 0 saturated heterocycles. The minimum absolute atomic E-state index is 0.0212. The number of carboxylic acid groups (broad SMARTS) is 1. The molecule has 5 aromatic rings. The smallest absolute Gasteiger partial charge is 0.497 e. The average molecular weight is 561 g/mol. The average Bonchev–Trinajstić information content (AvgIpc) is 3.55. The number of benzene rings is 3. The van der Waals surface area contributed by atoms with E-state index in [1.165, 1.54) is 22.7 Å². The molecule has 0 aliphatic carbocycles. The molecule has 12 heteroatoms. The lowest BCUT2D eigenvalue weighted by molar-refractivity contribution is 0.143. The van der Waals surface area contributed by atoms with Gasteiger partial charge in [-0.15, -0.1) is 11.3 Å². The molecule has 0 unspecified atom stereocenters. The second-order valence-corrected chi connectivity index (χ2v) is 10.4. The zero-order valence-corrected chi connectivity index (χ0v) is 22.0. The topological polar surface area (TPSA) is 123 Å². The van der Waals surface area contributed by atoms with Crippen molar-refractivity contribution in [1.82, 2.24) is 9.97 Å². The number of ether oxygens (including phenoxy) is 3. The first kappa shape index (κ1) is 24.6. The van der Waals surface area contributed by atoms with Gasteiger partial charge in [0.1, 0.15) is 23.1 Å².